The third-order valence-corrected chi connectivity index (χ3v) is 8.23. The molecule has 0 bridgehead atoms. The van der Waals surface area contributed by atoms with Crippen LogP contribution in [-0.4, -0.2) is 22.1 Å². The van der Waals surface area contributed by atoms with Crippen LogP contribution in [0.4, 0.5) is 25.8 Å². The predicted octanol–water partition coefficient (Wildman–Crippen LogP) is 7.97. The fourth-order valence-corrected chi connectivity index (χ4v) is 5.46. The van der Waals surface area contributed by atoms with Gasteiger partial charge in [0.1, 0.15) is 15.8 Å². The van der Waals surface area contributed by atoms with Gasteiger partial charge in [0, 0.05) is 18.5 Å². The first-order valence-corrected chi connectivity index (χ1v) is 13.1. The standard InChI is InChI=1S/C26H18Cl5F2N3O3/c1-10-7-13(35-25(39)20-19(26(20,30)31)12-3-4-15(27)16(28)8-12)9-14(21(10)29)24(38)36-18-6-5-17(32)23(22(18)33)34-11(2)37/h3-9,19-20H,1-2H3,(H,34,37)(H,35,39)(H,36,38)/t19-,20?/m0/s1. The molecule has 39 heavy (non-hydrogen) atoms. The Morgan fingerprint density at radius 2 is 1.59 bits per heavy atom. The van der Waals surface area contributed by atoms with Gasteiger partial charge in [-0.3, -0.25) is 14.4 Å². The van der Waals surface area contributed by atoms with Crippen LogP contribution >= 0.6 is 58.0 Å². The molecule has 3 aromatic carbocycles. The molecule has 1 fully saturated rings. The van der Waals surface area contributed by atoms with E-state index in [2.05, 4.69) is 10.6 Å². The molecule has 1 aliphatic carbocycles. The van der Waals surface area contributed by atoms with Crippen LogP contribution in [0, 0.1) is 24.5 Å². The summed E-state index contributed by atoms with van der Waals surface area (Å²) >= 11 is 31.2. The van der Waals surface area contributed by atoms with E-state index < -0.39 is 56.9 Å². The van der Waals surface area contributed by atoms with E-state index in [0.29, 0.717) is 16.1 Å². The van der Waals surface area contributed by atoms with Crippen LogP contribution in [-0.2, 0) is 9.59 Å². The molecule has 3 N–H and O–H groups in total. The lowest BCUT2D eigenvalue weighted by atomic mass is 10.1. The summed E-state index contributed by atoms with van der Waals surface area (Å²) < 4.78 is 27.4. The number of hydrogen-bond donors (Lipinski definition) is 3. The summed E-state index contributed by atoms with van der Waals surface area (Å²) in [7, 11) is 0. The zero-order chi connectivity index (χ0) is 28.8. The fraction of sp³-hybridized carbons (Fsp3) is 0.192. The number of carbonyl (C=O) groups is 3. The van der Waals surface area contributed by atoms with E-state index in [1.807, 2.05) is 5.32 Å². The summed E-state index contributed by atoms with van der Waals surface area (Å²) in [4.78, 5) is 37.4. The number of hydrogen-bond acceptors (Lipinski definition) is 3. The first-order chi connectivity index (χ1) is 18.2. The molecule has 1 aliphatic rings. The second-order valence-corrected chi connectivity index (χ2v) is 11.5. The van der Waals surface area contributed by atoms with Crippen molar-refractivity contribution in [2.75, 3.05) is 16.0 Å². The van der Waals surface area contributed by atoms with E-state index in [9.17, 15) is 23.2 Å². The largest absolute Gasteiger partial charge is 0.326 e. The van der Waals surface area contributed by atoms with Gasteiger partial charge in [-0.2, -0.15) is 0 Å². The lowest BCUT2D eigenvalue weighted by Crippen LogP contribution is -2.19. The van der Waals surface area contributed by atoms with Crippen molar-refractivity contribution in [3.8, 4) is 0 Å². The molecule has 1 unspecified atom stereocenters. The maximum Gasteiger partial charge on any atom is 0.257 e. The number of aryl methyl sites for hydroxylation is 1. The number of halogens is 7. The Labute approximate surface area is 246 Å². The monoisotopic (exact) mass is 633 g/mol. The number of nitrogens with one attached hydrogen (secondary N) is 3. The number of rotatable bonds is 6. The summed E-state index contributed by atoms with van der Waals surface area (Å²) in [5.41, 5.74) is 0.0472. The van der Waals surface area contributed by atoms with E-state index in [-0.39, 0.29) is 21.3 Å². The van der Waals surface area contributed by atoms with Crippen molar-refractivity contribution in [1.82, 2.24) is 0 Å². The van der Waals surface area contributed by atoms with E-state index >= 15 is 0 Å². The van der Waals surface area contributed by atoms with Crippen molar-refractivity contribution in [2.24, 2.45) is 5.92 Å². The summed E-state index contributed by atoms with van der Waals surface area (Å²) in [6, 6.07) is 9.54. The molecule has 6 nitrogen and oxygen atoms in total. The highest BCUT2D eigenvalue weighted by Gasteiger charge is 2.67. The van der Waals surface area contributed by atoms with Gasteiger partial charge in [0.05, 0.1) is 32.2 Å². The van der Waals surface area contributed by atoms with Crippen molar-refractivity contribution in [1.29, 1.82) is 0 Å². The fourth-order valence-electron chi connectivity index (χ4n) is 4.13. The highest BCUT2D eigenvalue weighted by atomic mass is 35.5. The van der Waals surface area contributed by atoms with Crippen molar-refractivity contribution >= 4 is 92.8 Å². The van der Waals surface area contributed by atoms with Gasteiger partial charge in [-0.1, -0.05) is 40.9 Å². The van der Waals surface area contributed by atoms with Crippen molar-refractivity contribution in [3.63, 3.8) is 0 Å². The molecule has 3 amide bonds. The topological polar surface area (TPSA) is 87.3 Å². The van der Waals surface area contributed by atoms with Crippen LogP contribution in [0.2, 0.25) is 15.1 Å². The normalized spacial score (nSPS) is 17.4. The van der Waals surface area contributed by atoms with E-state index in [1.165, 1.54) is 12.1 Å². The van der Waals surface area contributed by atoms with Gasteiger partial charge in [-0.25, -0.2) is 8.78 Å². The van der Waals surface area contributed by atoms with E-state index in [4.69, 9.17) is 58.0 Å². The van der Waals surface area contributed by atoms with Crippen LogP contribution in [0.3, 0.4) is 0 Å². The van der Waals surface area contributed by atoms with Crippen LogP contribution in [0.5, 0.6) is 0 Å². The minimum absolute atomic E-state index is 0.0410. The smallest absolute Gasteiger partial charge is 0.257 e. The average molecular weight is 636 g/mol. The Bertz CT molecular complexity index is 1530. The summed E-state index contributed by atoms with van der Waals surface area (Å²) in [6.07, 6.45) is 0. The molecular formula is C26H18Cl5F2N3O3. The number of alkyl halides is 2. The molecule has 0 saturated heterocycles. The van der Waals surface area contributed by atoms with E-state index in [1.54, 1.807) is 25.1 Å². The predicted molar refractivity (Wildman–Crippen MR) is 151 cm³/mol. The molecule has 2 atom stereocenters. The zero-order valence-electron chi connectivity index (χ0n) is 20.1. The Morgan fingerprint density at radius 1 is 0.897 bits per heavy atom. The Morgan fingerprint density at radius 3 is 2.23 bits per heavy atom. The number of anilines is 3. The van der Waals surface area contributed by atoms with Gasteiger partial charge in [-0.05, 0) is 54.4 Å². The quantitative estimate of drug-likeness (QED) is 0.240. The number of amides is 3. The lowest BCUT2D eigenvalue weighted by Gasteiger charge is -2.14. The Hall–Kier alpha value is -2.62. The summed E-state index contributed by atoms with van der Waals surface area (Å²) in [5.74, 6) is -5.67. The molecule has 13 heteroatoms. The molecule has 3 aromatic rings. The summed E-state index contributed by atoms with van der Waals surface area (Å²) in [6.45, 7) is 2.69. The molecule has 204 valence electrons. The first kappa shape index (κ1) is 29.4. The molecule has 0 aromatic heterocycles. The van der Waals surface area contributed by atoms with Crippen molar-refractivity contribution in [2.45, 2.75) is 24.1 Å². The highest BCUT2D eigenvalue weighted by molar-refractivity contribution is 6.53. The number of benzene rings is 3. The van der Waals surface area contributed by atoms with Crippen molar-refractivity contribution in [3.05, 3.63) is 85.9 Å². The van der Waals surface area contributed by atoms with Gasteiger partial charge in [-0.15, -0.1) is 23.2 Å². The van der Waals surface area contributed by atoms with Crippen molar-refractivity contribution < 1.29 is 23.2 Å². The van der Waals surface area contributed by atoms with Crippen LogP contribution < -0.4 is 16.0 Å². The zero-order valence-corrected chi connectivity index (χ0v) is 23.8. The summed E-state index contributed by atoms with van der Waals surface area (Å²) in [5, 5.41) is 7.70. The molecule has 0 radical (unpaired) electrons. The second-order valence-electron chi connectivity index (χ2n) is 8.87. The Kier molecular flexibility index (Phi) is 8.36. The molecule has 0 heterocycles. The molecule has 0 aliphatic heterocycles. The maximum atomic E-state index is 14.8. The van der Waals surface area contributed by atoms with Crippen LogP contribution in [0.1, 0.15) is 34.3 Å². The van der Waals surface area contributed by atoms with E-state index in [0.717, 1.165) is 19.1 Å². The third kappa shape index (κ3) is 5.95. The molecule has 4 rings (SSSR count). The van der Waals surface area contributed by atoms with Crippen LogP contribution in [0.25, 0.3) is 0 Å². The van der Waals surface area contributed by atoms with Crippen LogP contribution in [0.15, 0.2) is 42.5 Å². The van der Waals surface area contributed by atoms with Gasteiger partial charge in [0.25, 0.3) is 5.91 Å². The molecule has 1 saturated carbocycles. The minimum atomic E-state index is -1.41. The maximum absolute atomic E-state index is 14.8. The van der Waals surface area contributed by atoms with Gasteiger partial charge >= 0.3 is 0 Å². The average Bonchev–Trinajstić information content (AvgIpc) is 3.44. The Balaban J connectivity index is 1.56. The third-order valence-electron chi connectivity index (χ3n) is 6.05. The first-order valence-electron chi connectivity index (χ1n) is 11.2. The SMILES string of the molecule is CC(=O)Nc1c(F)ccc(NC(=O)c2cc(NC(=O)C3[C@H](c4ccc(Cl)c(Cl)c4)C3(Cl)Cl)cc(C)c2Cl)c1F. The molecule has 0 spiro atoms. The minimum Gasteiger partial charge on any atom is -0.326 e. The second kappa shape index (κ2) is 11.1. The highest BCUT2D eigenvalue weighted by Crippen LogP contribution is 2.65. The number of carbonyl (C=O) groups excluding carboxylic acids is 3. The lowest BCUT2D eigenvalue weighted by molar-refractivity contribution is -0.117. The van der Waals surface area contributed by atoms with Gasteiger partial charge in [0.2, 0.25) is 11.8 Å². The van der Waals surface area contributed by atoms with Gasteiger partial charge < -0.3 is 16.0 Å². The van der Waals surface area contributed by atoms with Gasteiger partial charge in [0.15, 0.2) is 5.82 Å². The molecular weight excluding hydrogens is 618 g/mol.